The Kier molecular flexibility index (Phi) is 36.8. The topological polar surface area (TPSA) is 533 Å². The lowest BCUT2D eigenvalue weighted by atomic mass is 9.90. The minimum Gasteiger partial charge on any atom is -0.480 e. The number of amidine groups is 1. The van der Waals surface area contributed by atoms with Crippen molar-refractivity contribution >= 4 is 125 Å². The van der Waals surface area contributed by atoms with Crippen LogP contribution in [0.15, 0.2) is 157 Å². The number of ether oxygens (including phenoxy) is 1. The number of nitrogens with one attached hydrogen (secondary N) is 7. The van der Waals surface area contributed by atoms with Crippen molar-refractivity contribution < 1.29 is 89.3 Å². The molecule has 4 aliphatic rings. The highest BCUT2D eigenvalue weighted by atomic mass is 32.2. The molecule has 5 amide bonds. The number of nitrogens with two attached hydrogens (primary N) is 3. The lowest BCUT2D eigenvalue weighted by Gasteiger charge is -2.25. The molecule has 0 aromatic heterocycles. The molecule has 3 heterocycles. The quantitative estimate of drug-likeness (QED) is 0.00478. The van der Waals surface area contributed by atoms with Gasteiger partial charge in [-0.1, -0.05) is 67.3 Å². The summed E-state index contributed by atoms with van der Waals surface area (Å²) in [5.74, 6) is -6.46. The molecule has 0 bridgehead atoms. The van der Waals surface area contributed by atoms with Gasteiger partial charge in [0.25, 0.3) is 0 Å². The first-order valence-electron chi connectivity index (χ1n) is 38.9. The number of carboxylic acid groups (broad SMARTS) is 3. The van der Waals surface area contributed by atoms with E-state index in [9.17, 15) is 84.9 Å². The molecular weight excluding hydrogens is 1590 g/mol. The predicted octanol–water partition coefficient (Wildman–Crippen LogP) is 6.60. The van der Waals surface area contributed by atoms with Crippen molar-refractivity contribution in [2.24, 2.45) is 27.2 Å². The first-order valence-corrected chi connectivity index (χ1v) is 42.2. The number of unbranched alkanes of at least 4 members (excludes halogenated alkanes) is 4. The highest BCUT2D eigenvalue weighted by Gasteiger charge is 2.43. The van der Waals surface area contributed by atoms with Gasteiger partial charge in [-0.2, -0.15) is 8.61 Å². The summed E-state index contributed by atoms with van der Waals surface area (Å²) in [5, 5.41) is 50.2. The Morgan fingerprint density at radius 3 is 1.60 bits per heavy atom. The number of benzene rings is 5. The Bertz CT molecular complexity index is 4870. The van der Waals surface area contributed by atoms with Crippen LogP contribution in [0.25, 0.3) is 33.4 Å². The highest BCUT2D eigenvalue weighted by molar-refractivity contribution is 7.89. The number of anilines is 1. The first-order chi connectivity index (χ1) is 56.3. The third kappa shape index (κ3) is 28.7. The monoisotopic (exact) mass is 1690 g/mol. The van der Waals surface area contributed by atoms with Crippen LogP contribution in [0.4, 0.5) is 10.5 Å². The normalized spacial score (nSPS) is 15.3. The third-order valence-corrected chi connectivity index (χ3v) is 23.5. The van der Waals surface area contributed by atoms with E-state index >= 15 is 0 Å². The van der Waals surface area contributed by atoms with Gasteiger partial charge in [-0.3, -0.25) is 43.5 Å². The van der Waals surface area contributed by atoms with Gasteiger partial charge in [-0.05, 0) is 195 Å². The zero-order chi connectivity index (χ0) is 86.1. The number of sulfonamides is 2. The number of Topliss-reactive ketones (excluding diaryl/α,β-unsaturated/α-hetero) is 2. The van der Waals surface area contributed by atoms with Crippen LogP contribution in [0.3, 0.4) is 0 Å². The number of rotatable bonds is 45. The number of guanidine groups is 1. The molecule has 34 nitrogen and oxygen atoms in total. The van der Waals surface area contributed by atoms with Gasteiger partial charge >= 0.3 is 24.0 Å². The molecule has 37 heteroatoms. The molecule has 6 unspecified atom stereocenters. The zero-order valence-corrected chi connectivity index (χ0v) is 68.3. The maximum Gasteiger partial charge on any atom is 0.407 e. The van der Waals surface area contributed by atoms with Crippen LogP contribution in [0.1, 0.15) is 151 Å². The SMILES string of the molecule is C=CCOC(=O)NCCCCC(NC(=O)CCCCN=C(C)N)C(=O)CCC(NC(=O)C1CCCN1S(=O)(=O)c1ccccc1)C(=O)O.Cc1ccc2c(-c3ccc(NC(=S)NCCCCC(NC(=O)CCCCN=C(N)N)C(=O)CCC(NC(=O)C4CCCN4S(=O)(=O)c4ccccc4)C(=O)O)cc3C(=O)O)c3ccc(=O)cc-3oc2c1. The number of carboxylic acids is 3. The highest BCUT2D eigenvalue weighted by Crippen LogP contribution is 2.42. The number of aliphatic carboxylic acids is 2. The molecule has 4 aromatic rings. The average Bonchev–Trinajstić information content (AvgIpc) is 1.16. The number of aryl methyl sites for hydroxylation is 1. The van der Waals surface area contributed by atoms with Crippen LogP contribution in [0, 0.1) is 6.92 Å². The summed E-state index contributed by atoms with van der Waals surface area (Å²) in [4.78, 5) is 148. The summed E-state index contributed by atoms with van der Waals surface area (Å²) < 4.78 is 66.1. The van der Waals surface area contributed by atoms with Gasteiger partial charge in [-0.25, -0.2) is 36.0 Å². The number of nitrogens with zero attached hydrogens (tertiary/aromatic N) is 4. The van der Waals surface area contributed by atoms with Gasteiger partial charge in [0.15, 0.2) is 28.1 Å². The second-order valence-corrected chi connectivity index (χ2v) is 32.5. The number of amides is 5. The number of hydrogen-bond acceptors (Lipinski definition) is 20. The first kappa shape index (κ1) is 93.6. The number of carbonyl (C=O) groups excluding carboxylic acids is 7. The van der Waals surface area contributed by atoms with E-state index in [0.717, 1.165) is 14.2 Å². The number of alkyl carbamates (subject to hydrolysis) is 1. The second kappa shape index (κ2) is 46.4. The lowest BCUT2D eigenvalue weighted by Crippen LogP contribution is -2.51. The van der Waals surface area contributed by atoms with Gasteiger partial charge in [0.2, 0.25) is 43.7 Å². The van der Waals surface area contributed by atoms with Crippen molar-refractivity contribution in [2.45, 2.75) is 188 Å². The van der Waals surface area contributed by atoms with E-state index in [1.807, 2.05) is 25.1 Å². The number of ketones is 2. The molecule has 2 saturated heterocycles. The van der Waals surface area contributed by atoms with Gasteiger partial charge in [0, 0.05) is 93.2 Å². The second-order valence-electron chi connectivity index (χ2n) is 28.4. The van der Waals surface area contributed by atoms with Gasteiger partial charge in [-0.15, -0.1) is 0 Å². The van der Waals surface area contributed by atoms with E-state index in [1.54, 1.807) is 61.5 Å². The van der Waals surface area contributed by atoms with E-state index in [4.69, 9.17) is 38.6 Å². The van der Waals surface area contributed by atoms with E-state index in [-0.39, 0.29) is 128 Å². The fraction of sp³-hybridized carbons (Fsp3) is 0.432. The van der Waals surface area contributed by atoms with Crippen LogP contribution in [0.2, 0.25) is 0 Å². The fourth-order valence-electron chi connectivity index (χ4n) is 13.4. The maximum absolute atomic E-state index is 13.7. The van der Waals surface area contributed by atoms with Crippen LogP contribution < -0.4 is 59.8 Å². The molecule has 0 saturated carbocycles. The Morgan fingerprint density at radius 1 is 0.602 bits per heavy atom. The number of thiocarbonyl (C=S) groups is 1. The average molecular weight is 1690 g/mol. The van der Waals surface area contributed by atoms with Crippen LogP contribution in [-0.4, -0.2) is 199 Å². The Balaban J connectivity index is 0.000000351. The van der Waals surface area contributed by atoms with Crippen molar-refractivity contribution in [1.82, 2.24) is 40.5 Å². The number of hydrogen-bond donors (Lipinski definition) is 13. The molecule has 4 aromatic carbocycles. The van der Waals surface area contributed by atoms with Crippen molar-refractivity contribution in [2.75, 3.05) is 51.2 Å². The number of aromatic carboxylic acids is 1. The van der Waals surface area contributed by atoms with Crippen molar-refractivity contribution in [3.8, 4) is 22.5 Å². The number of fused-ring (bicyclic) bond motifs is 2. The van der Waals surface area contributed by atoms with Crippen molar-refractivity contribution in [1.29, 1.82) is 0 Å². The molecule has 636 valence electrons. The standard InChI is InChI=1S/C49H56N8O11S2.C32H48N6O9S/c1-29-15-18-34-41(26-29)68-42-28-31(58)17-20-35(42)44(34)33-19-16-30(27-36(33)46(62)63)54-49(69)53-24-7-5-12-37(55-43(60)14-6-8-23-52-48(50)51)40(59)22-21-38(47(64)65)56-45(61)39-13-9-25-57(39)70(66,67)32-10-3-2-4-11-32;1-3-22-47-32(44)35-20-9-7-14-25(36-29(40)16-8-10-19-34-23(2)33)28(39)18-17-26(31(42)43)37-30(41)27-15-11-21-38(27)48(45,46)24-12-5-4-6-13-24/h2-4,10-11,15-20,26-28,37-39H,5-9,12-14,21-25H2,1H3,(H,55,60)(H,56,61)(H,62,63)(H,64,65)(H4,50,51,52)(H2,53,54,69);3-6,12-13,25-27H,1,7-11,14-22H2,2H3,(H2,33,34)(H,35,44)(H,36,40)(H,37,41)(H,42,43). The van der Waals surface area contributed by atoms with E-state index < -0.39 is 110 Å². The third-order valence-electron chi connectivity index (χ3n) is 19.4. The Labute approximate surface area is 689 Å². The van der Waals surface area contributed by atoms with Gasteiger partial charge in [0.1, 0.15) is 42.1 Å². The summed E-state index contributed by atoms with van der Waals surface area (Å²) >= 11 is 5.53. The van der Waals surface area contributed by atoms with Crippen LogP contribution >= 0.6 is 12.2 Å². The Hall–Kier alpha value is -11.5. The molecule has 1 aliphatic carbocycles. The van der Waals surface area contributed by atoms with Crippen molar-refractivity contribution in [3.63, 3.8) is 0 Å². The van der Waals surface area contributed by atoms with Gasteiger partial charge < -0.3 is 78.9 Å². The summed E-state index contributed by atoms with van der Waals surface area (Å²) in [6, 6.07) is 22.9. The molecule has 8 rings (SSSR count). The summed E-state index contributed by atoms with van der Waals surface area (Å²) in [6.07, 6.45) is 5.45. The molecule has 0 spiro atoms. The maximum atomic E-state index is 13.7. The van der Waals surface area contributed by atoms with Crippen molar-refractivity contribution in [3.05, 3.63) is 149 Å². The molecule has 3 aliphatic heterocycles. The van der Waals surface area contributed by atoms with E-state index in [1.165, 1.54) is 48.5 Å². The van der Waals surface area contributed by atoms with E-state index in [0.29, 0.717) is 129 Å². The zero-order valence-electron chi connectivity index (χ0n) is 65.8. The molecule has 2 fully saturated rings. The Morgan fingerprint density at radius 2 is 1.11 bits per heavy atom. The minimum absolute atomic E-state index is 0.00656. The number of aliphatic imine (C=N–C) groups is 2. The summed E-state index contributed by atoms with van der Waals surface area (Å²) in [6.45, 7) is 8.68. The molecular formula is C81H104N14O20S3. The van der Waals surface area contributed by atoms with E-state index in [2.05, 4.69) is 53.8 Å². The molecule has 0 radical (unpaired) electrons. The lowest BCUT2D eigenvalue weighted by molar-refractivity contribution is -0.143. The summed E-state index contributed by atoms with van der Waals surface area (Å²) in [7, 11) is -8.03. The predicted molar refractivity (Wildman–Crippen MR) is 446 cm³/mol. The fourth-order valence-corrected chi connectivity index (χ4v) is 17.0. The smallest absolute Gasteiger partial charge is 0.407 e. The number of carbonyl (C=O) groups is 10. The molecule has 16 N–H and O–H groups in total. The van der Waals surface area contributed by atoms with Crippen LogP contribution in [0.5, 0.6) is 0 Å². The largest absolute Gasteiger partial charge is 0.480 e. The molecule has 118 heavy (non-hydrogen) atoms. The summed E-state index contributed by atoms with van der Waals surface area (Å²) in [5.41, 5.74) is 19.4. The van der Waals surface area contributed by atoms with Gasteiger partial charge in [0.05, 0.1) is 33.3 Å². The van der Waals surface area contributed by atoms with Crippen LogP contribution in [-0.2, 0) is 63.1 Å². The molecule has 6 atom stereocenters. The minimum atomic E-state index is -4.04.